The SMILES string of the molecule is C[C@H]1C[C@@H](C(=O)N2CCOC(c3cccs3)C2)CCN1.Cl. The highest BCUT2D eigenvalue weighted by molar-refractivity contribution is 7.10. The molecule has 0 radical (unpaired) electrons. The van der Waals surface area contributed by atoms with Crippen LogP contribution in [0.3, 0.4) is 0 Å². The highest BCUT2D eigenvalue weighted by Gasteiger charge is 2.32. The molecule has 118 valence electrons. The Morgan fingerprint density at radius 3 is 3.10 bits per heavy atom. The number of morpholine rings is 1. The monoisotopic (exact) mass is 330 g/mol. The molecule has 1 aromatic rings. The standard InChI is InChI=1S/C15H22N2O2S.ClH/c1-11-9-12(4-5-16-11)15(18)17-6-7-19-13(10-17)14-3-2-8-20-14;/h2-3,8,11-13,16H,4-7,9-10H2,1H3;1H/t11-,12-,13?;/m0./s1. The van der Waals surface area contributed by atoms with Gasteiger partial charge in [-0.25, -0.2) is 0 Å². The second-order valence-electron chi connectivity index (χ2n) is 5.74. The fourth-order valence-corrected chi connectivity index (χ4v) is 3.88. The van der Waals surface area contributed by atoms with Crippen LogP contribution in [0.15, 0.2) is 17.5 Å². The lowest BCUT2D eigenvalue weighted by molar-refractivity contribution is -0.144. The van der Waals surface area contributed by atoms with Crippen LogP contribution in [0.25, 0.3) is 0 Å². The summed E-state index contributed by atoms with van der Waals surface area (Å²) < 4.78 is 5.82. The van der Waals surface area contributed by atoms with Gasteiger partial charge in [-0.1, -0.05) is 6.07 Å². The first-order valence-electron chi connectivity index (χ1n) is 7.41. The minimum Gasteiger partial charge on any atom is -0.369 e. The molecular weight excluding hydrogens is 308 g/mol. The van der Waals surface area contributed by atoms with E-state index in [1.807, 2.05) is 11.0 Å². The van der Waals surface area contributed by atoms with Gasteiger partial charge in [0.05, 0.1) is 13.2 Å². The number of carbonyl (C=O) groups is 1. The zero-order valence-electron chi connectivity index (χ0n) is 12.3. The minimum absolute atomic E-state index is 0. The van der Waals surface area contributed by atoms with Gasteiger partial charge >= 0.3 is 0 Å². The molecule has 0 aliphatic carbocycles. The molecule has 21 heavy (non-hydrogen) atoms. The zero-order valence-corrected chi connectivity index (χ0v) is 13.9. The number of amides is 1. The van der Waals surface area contributed by atoms with E-state index >= 15 is 0 Å². The number of rotatable bonds is 2. The van der Waals surface area contributed by atoms with E-state index in [1.165, 1.54) is 4.88 Å². The van der Waals surface area contributed by atoms with E-state index in [0.717, 1.165) is 25.9 Å². The minimum atomic E-state index is 0. The molecular formula is C15H23ClN2O2S. The summed E-state index contributed by atoms with van der Waals surface area (Å²) in [6, 6.07) is 4.58. The number of nitrogens with zero attached hydrogens (tertiary/aromatic N) is 1. The number of hydrogen-bond acceptors (Lipinski definition) is 4. The second-order valence-corrected chi connectivity index (χ2v) is 6.71. The second kappa shape index (κ2) is 7.58. The van der Waals surface area contributed by atoms with E-state index in [2.05, 4.69) is 23.7 Å². The van der Waals surface area contributed by atoms with Crippen LogP contribution in [0.2, 0.25) is 0 Å². The van der Waals surface area contributed by atoms with E-state index in [1.54, 1.807) is 11.3 Å². The van der Waals surface area contributed by atoms with Crippen LogP contribution in [0.1, 0.15) is 30.7 Å². The molecule has 0 bridgehead atoms. The van der Waals surface area contributed by atoms with Crippen molar-refractivity contribution in [2.45, 2.75) is 31.9 Å². The zero-order chi connectivity index (χ0) is 13.9. The maximum Gasteiger partial charge on any atom is 0.225 e. The molecule has 3 atom stereocenters. The molecule has 4 nitrogen and oxygen atoms in total. The molecule has 2 aliphatic rings. The van der Waals surface area contributed by atoms with E-state index in [0.29, 0.717) is 25.1 Å². The van der Waals surface area contributed by atoms with Gasteiger partial charge in [-0.15, -0.1) is 23.7 Å². The van der Waals surface area contributed by atoms with Gasteiger partial charge in [0.15, 0.2) is 0 Å². The van der Waals surface area contributed by atoms with Gasteiger partial charge in [-0.2, -0.15) is 0 Å². The van der Waals surface area contributed by atoms with Gasteiger partial charge in [-0.3, -0.25) is 4.79 Å². The Bertz CT molecular complexity index is 455. The first-order valence-corrected chi connectivity index (χ1v) is 8.29. The quantitative estimate of drug-likeness (QED) is 0.905. The predicted molar refractivity (Wildman–Crippen MR) is 87.0 cm³/mol. The van der Waals surface area contributed by atoms with Gasteiger partial charge in [-0.05, 0) is 37.8 Å². The topological polar surface area (TPSA) is 41.6 Å². The number of thiophene rings is 1. The summed E-state index contributed by atoms with van der Waals surface area (Å²) >= 11 is 1.71. The molecule has 2 saturated heterocycles. The van der Waals surface area contributed by atoms with Crippen molar-refractivity contribution in [3.8, 4) is 0 Å². The first-order chi connectivity index (χ1) is 9.74. The van der Waals surface area contributed by atoms with E-state index in [4.69, 9.17) is 4.74 Å². The molecule has 2 fully saturated rings. The fourth-order valence-electron chi connectivity index (χ4n) is 3.11. The lowest BCUT2D eigenvalue weighted by atomic mass is 9.91. The number of piperidine rings is 1. The maximum absolute atomic E-state index is 12.7. The van der Waals surface area contributed by atoms with Crippen LogP contribution in [0.5, 0.6) is 0 Å². The van der Waals surface area contributed by atoms with Gasteiger partial charge in [0, 0.05) is 23.4 Å². The summed E-state index contributed by atoms with van der Waals surface area (Å²) in [7, 11) is 0. The van der Waals surface area contributed by atoms with Crippen LogP contribution >= 0.6 is 23.7 Å². The molecule has 6 heteroatoms. The molecule has 1 unspecified atom stereocenters. The van der Waals surface area contributed by atoms with Gasteiger partial charge in [0.1, 0.15) is 6.10 Å². The number of nitrogens with one attached hydrogen (secondary N) is 1. The van der Waals surface area contributed by atoms with Crippen molar-refractivity contribution in [2.24, 2.45) is 5.92 Å². The largest absolute Gasteiger partial charge is 0.369 e. The summed E-state index contributed by atoms with van der Waals surface area (Å²) in [6.45, 7) is 5.20. The number of halogens is 1. The van der Waals surface area contributed by atoms with Crippen molar-refractivity contribution in [1.82, 2.24) is 10.2 Å². The van der Waals surface area contributed by atoms with Gasteiger partial charge in [0.25, 0.3) is 0 Å². The summed E-state index contributed by atoms with van der Waals surface area (Å²) in [5.74, 6) is 0.511. The number of carbonyl (C=O) groups excluding carboxylic acids is 1. The third-order valence-corrected chi connectivity index (χ3v) is 5.18. The van der Waals surface area contributed by atoms with Gasteiger partial charge in [0.2, 0.25) is 5.91 Å². The highest BCUT2D eigenvalue weighted by Crippen LogP contribution is 2.28. The number of hydrogen-bond donors (Lipinski definition) is 1. The molecule has 1 aromatic heterocycles. The number of ether oxygens (including phenoxy) is 1. The van der Waals surface area contributed by atoms with Gasteiger partial charge < -0.3 is 15.0 Å². The summed E-state index contributed by atoms with van der Waals surface area (Å²) in [5, 5.41) is 5.47. The summed E-state index contributed by atoms with van der Waals surface area (Å²) in [4.78, 5) is 15.9. The molecule has 3 heterocycles. The average Bonchev–Trinajstić information content (AvgIpc) is 3.01. The molecule has 0 saturated carbocycles. The highest BCUT2D eigenvalue weighted by atomic mass is 35.5. The predicted octanol–water partition coefficient (Wildman–Crippen LogP) is 2.46. The Morgan fingerprint density at radius 2 is 2.38 bits per heavy atom. The first kappa shape index (κ1) is 16.7. The summed E-state index contributed by atoms with van der Waals surface area (Å²) in [6.07, 6.45) is 1.98. The maximum atomic E-state index is 12.7. The van der Waals surface area contributed by atoms with Crippen molar-refractivity contribution in [1.29, 1.82) is 0 Å². The van der Waals surface area contributed by atoms with Crippen molar-refractivity contribution in [2.75, 3.05) is 26.2 Å². The van der Waals surface area contributed by atoms with E-state index < -0.39 is 0 Å². The van der Waals surface area contributed by atoms with Crippen molar-refractivity contribution >= 4 is 29.7 Å². The molecule has 2 aliphatic heterocycles. The normalized spacial score (nSPS) is 29.8. The van der Waals surface area contributed by atoms with Crippen LogP contribution in [0, 0.1) is 5.92 Å². The van der Waals surface area contributed by atoms with Crippen LogP contribution in [-0.4, -0.2) is 43.1 Å². The van der Waals surface area contributed by atoms with Crippen molar-refractivity contribution in [3.05, 3.63) is 22.4 Å². The average molecular weight is 331 g/mol. The lowest BCUT2D eigenvalue weighted by Gasteiger charge is -2.36. The molecule has 1 N–H and O–H groups in total. The molecule has 1 amide bonds. The Hall–Kier alpha value is -0.620. The van der Waals surface area contributed by atoms with Crippen molar-refractivity contribution in [3.63, 3.8) is 0 Å². The molecule has 0 spiro atoms. The smallest absolute Gasteiger partial charge is 0.225 e. The van der Waals surface area contributed by atoms with Crippen LogP contribution in [-0.2, 0) is 9.53 Å². The molecule has 0 aromatic carbocycles. The fraction of sp³-hybridized carbons (Fsp3) is 0.667. The lowest BCUT2D eigenvalue weighted by Crippen LogP contribution is -2.48. The Morgan fingerprint density at radius 1 is 1.52 bits per heavy atom. The Balaban J connectivity index is 0.00000161. The van der Waals surface area contributed by atoms with Crippen LogP contribution < -0.4 is 5.32 Å². The van der Waals surface area contributed by atoms with E-state index in [9.17, 15) is 4.79 Å². The summed E-state index contributed by atoms with van der Waals surface area (Å²) in [5.41, 5.74) is 0. The Labute approximate surface area is 136 Å². The third-order valence-electron chi connectivity index (χ3n) is 4.21. The van der Waals surface area contributed by atoms with E-state index in [-0.39, 0.29) is 24.4 Å². The van der Waals surface area contributed by atoms with Crippen LogP contribution in [0.4, 0.5) is 0 Å². The molecule has 3 rings (SSSR count). The Kier molecular flexibility index (Phi) is 6.05. The van der Waals surface area contributed by atoms with Crippen molar-refractivity contribution < 1.29 is 9.53 Å². The third kappa shape index (κ3) is 3.97.